The zero-order chi connectivity index (χ0) is 13.9. The van der Waals surface area contributed by atoms with Crippen LogP contribution in [0.25, 0.3) is 0 Å². The number of likely N-dealkylation sites (N-methyl/N-ethyl adjacent to an activating group) is 1. The summed E-state index contributed by atoms with van der Waals surface area (Å²) in [4.78, 5) is 16.8. The van der Waals surface area contributed by atoms with E-state index < -0.39 is 0 Å². The summed E-state index contributed by atoms with van der Waals surface area (Å²) in [6.07, 6.45) is 2.95. The van der Waals surface area contributed by atoms with Crippen LogP contribution in [0.5, 0.6) is 0 Å². The number of fused-ring (bicyclic) bond motifs is 1. The minimum atomic E-state index is 0.289. The van der Waals surface area contributed by atoms with Gasteiger partial charge in [0.15, 0.2) is 0 Å². The lowest BCUT2D eigenvalue weighted by Crippen LogP contribution is -2.43. The van der Waals surface area contributed by atoms with E-state index in [4.69, 9.17) is 0 Å². The first kappa shape index (κ1) is 13.4. The Balaban J connectivity index is 1.73. The molecule has 0 radical (unpaired) electrons. The van der Waals surface area contributed by atoms with Crippen molar-refractivity contribution in [3.8, 4) is 0 Å². The number of carbonyl (C=O) groups excluding carboxylic acids is 1. The number of amides is 1. The van der Waals surface area contributed by atoms with Crippen molar-refractivity contribution in [2.75, 3.05) is 43.0 Å². The predicted octanol–water partition coefficient (Wildman–Crippen LogP) is 1.86. The maximum Gasteiger partial charge on any atom is 0.227 e. The van der Waals surface area contributed by atoms with E-state index in [2.05, 4.69) is 29.4 Å². The Kier molecular flexibility index (Phi) is 3.92. The zero-order valence-corrected chi connectivity index (χ0v) is 12.1. The first-order valence-electron chi connectivity index (χ1n) is 7.57. The van der Waals surface area contributed by atoms with Crippen molar-refractivity contribution in [1.29, 1.82) is 0 Å². The zero-order valence-electron chi connectivity index (χ0n) is 12.1. The molecule has 4 heteroatoms. The van der Waals surface area contributed by atoms with Crippen molar-refractivity contribution in [3.05, 3.63) is 24.3 Å². The van der Waals surface area contributed by atoms with Gasteiger partial charge in [0.05, 0.1) is 11.4 Å². The average molecular weight is 273 g/mol. The number of benzene rings is 1. The fraction of sp³-hybridized carbons (Fsp3) is 0.562. The fourth-order valence-electron chi connectivity index (χ4n) is 3.21. The van der Waals surface area contributed by atoms with Crippen molar-refractivity contribution < 1.29 is 4.79 Å². The third-order valence-electron chi connectivity index (χ3n) is 4.47. The lowest BCUT2D eigenvalue weighted by molar-refractivity contribution is -0.119. The quantitative estimate of drug-likeness (QED) is 0.893. The summed E-state index contributed by atoms with van der Waals surface area (Å²) in [5.74, 6) is 0.841. The van der Waals surface area contributed by atoms with Gasteiger partial charge in [0.1, 0.15) is 0 Å². The molecule has 4 nitrogen and oxygen atoms in total. The van der Waals surface area contributed by atoms with Crippen LogP contribution in [-0.2, 0) is 4.79 Å². The number of hydrogen-bond acceptors (Lipinski definition) is 3. The molecule has 20 heavy (non-hydrogen) atoms. The highest BCUT2D eigenvalue weighted by molar-refractivity contribution is 5.97. The van der Waals surface area contributed by atoms with Crippen LogP contribution >= 0.6 is 0 Å². The van der Waals surface area contributed by atoms with Crippen LogP contribution in [0.1, 0.15) is 19.3 Å². The summed E-state index contributed by atoms with van der Waals surface area (Å²) in [6, 6.07) is 8.21. The SMILES string of the molecule is CN1CCN(C(=O)CC2CCNCC2)c2ccccc21. The molecule has 2 aliphatic rings. The van der Waals surface area contributed by atoms with Crippen molar-refractivity contribution in [2.45, 2.75) is 19.3 Å². The van der Waals surface area contributed by atoms with E-state index in [0.29, 0.717) is 12.3 Å². The van der Waals surface area contributed by atoms with E-state index in [1.54, 1.807) is 0 Å². The van der Waals surface area contributed by atoms with Gasteiger partial charge in [-0.2, -0.15) is 0 Å². The summed E-state index contributed by atoms with van der Waals surface area (Å²) in [5.41, 5.74) is 2.23. The summed E-state index contributed by atoms with van der Waals surface area (Å²) in [7, 11) is 2.09. The number of anilines is 2. The van der Waals surface area contributed by atoms with E-state index >= 15 is 0 Å². The third-order valence-corrected chi connectivity index (χ3v) is 4.47. The van der Waals surface area contributed by atoms with Gasteiger partial charge in [0.2, 0.25) is 5.91 Å². The standard InChI is InChI=1S/C16H23N3O/c1-18-10-11-19(15-5-3-2-4-14(15)18)16(20)12-13-6-8-17-9-7-13/h2-5,13,17H,6-12H2,1H3. The maximum absolute atomic E-state index is 12.6. The Morgan fingerprint density at radius 3 is 2.65 bits per heavy atom. The highest BCUT2D eigenvalue weighted by Gasteiger charge is 2.26. The summed E-state index contributed by atoms with van der Waals surface area (Å²) < 4.78 is 0. The van der Waals surface area contributed by atoms with Crippen molar-refractivity contribution in [1.82, 2.24) is 5.32 Å². The highest BCUT2D eigenvalue weighted by atomic mass is 16.2. The smallest absolute Gasteiger partial charge is 0.227 e. The van der Waals surface area contributed by atoms with E-state index in [1.807, 2.05) is 17.0 Å². The van der Waals surface area contributed by atoms with E-state index in [1.165, 1.54) is 0 Å². The lowest BCUT2D eigenvalue weighted by atomic mass is 9.94. The molecule has 1 amide bonds. The Morgan fingerprint density at radius 1 is 1.20 bits per heavy atom. The molecule has 1 aromatic carbocycles. The second-order valence-electron chi connectivity index (χ2n) is 5.85. The molecular weight excluding hydrogens is 250 g/mol. The molecule has 0 atom stereocenters. The molecule has 0 aromatic heterocycles. The Morgan fingerprint density at radius 2 is 1.90 bits per heavy atom. The first-order chi connectivity index (χ1) is 9.75. The number of nitrogens with zero attached hydrogens (tertiary/aromatic N) is 2. The summed E-state index contributed by atoms with van der Waals surface area (Å²) in [5, 5.41) is 3.36. The fourth-order valence-corrected chi connectivity index (χ4v) is 3.21. The van der Waals surface area contributed by atoms with Gasteiger partial charge in [0.25, 0.3) is 0 Å². The number of nitrogens with one attached hydrogen (secondary N) is 1. The Hall–Kier alpha value is -1.55. The molecule has 108 valence electrons. The molecule has 0 aliphatic carbocycles. The molecule has 0 unspecified atom stereocenters. The van der Waals surface area contributed by atoms with Crippen LogP contribution in [0.4, 0.5) is 11.4 Å². The van der Waals surface area contributed by atoms with E-state index in [0.717, 1.165) is 50.4 Å². The van der Waals surface area contributed by atoms with Gasteiger partial charge >= 0.3 is 0 Å². The monoisotopic (exact) mass is 273 g/mol. The molecule has 1 fully saturated rings. The highest BCUT2D eigenvalue weighted by Crippen LogP contribution is 2.32. The van der Waals surface area contributed by atoms with Crippen molar-refractivity contribution >= 4 is 17.3 Å². The predicted molar refractivity (Wildman–Crippen MR) is 82.3 cm³/mol. The topological polar surface area (TPSA) is 35.6 Å². The molecule has 1 saturated heterocycles. The van der Waals surface area contributed by atoms with Crippen LogP contribution in [-0.4, -0.2) is 39.1 Å². The number of rotatable bonds is 2. The first-order valence-corrected chi connectivity index (χ1v) is 7.57. The van der Waals surface area contributed by atoms with Gasteiger partial charge in [0, 0.05) is 26.6 Å². The van der Waals surface area contributed by atoms with Crippen molar-refractivity contribution in [3.63, 3.8) is 0 Å². The van der Waals surface area contributed by atoms with Crippen LogP contribution in [0, 0.1) is 5.92 Å². The van der Waals surface area contributed by atoms with Gasteiger partial charge < -0.3 is 15.1 Å². The summed E-state index contributed by atoms with van der Waals surface area (Å²) >= 11 is 0. The van der Waals surface area contributed by atoms with Crippen LogP contribution in [0.15, 0.2) is 24.3 Å². The normalized spacial score (nSPS) is 19.9. The number of hydrogen-bond donors (Lipinski definition) is 1. The van der Waals surface area contributed by atoms with Crippen molar-refractivity contribution in [2.24, 2.45) is 5.92 Å². The Labute approximate surface area is 120 Å². The minimum absolute atomic E-state index is 0.289. The minimum Gasteiger partial charge on any atom is -0.371 e. The second-order valence-corrected chi connectivity index (χ2v) is 5.85. The number of piperidine rings is 1. The van der Waals surface area contributed by atoms with Gasteiger partial charge in [-0.25, -0.2) is 0 Å². The average Bonchev–Trinajstić information content (AvgIpc) is 2.49. The second kappa shape index (κ2) is 5.83. The van der Waals surface area contributed by atoms with Gasteiger partial charge in [-0.05, 0) is 44.0 Å². The Bertz CT molecular complexity index is 482. The maximum atomic E-state index is 12.6. The summed E-state index contributed by atoms with van der Waals surface area (Å²) in [6.45, 7) is 3.82. The van der Waals surface area contributed by atoms with E-state index in [9.17, 15) is 4.79 Å². The molecule has 2 heterocycles. The molecule has 1 N–H and O–H groups in total. The molecule has 2 aliphatic heterocycles. The molecule has 0 saturated carbocycles. The molecule has 1 aromatic rings. The van der Waals surface area contributed by atoms with Gasteiger partial charge in [-0.1, -0.05) is 12.1 Å². The molecule has 3 rings (SSSR count). The number of carbonyl (C=O) groups is 1. The third kappa shape index (κ3) is 2.66. The molecule has 0 bridgehead atoms. The molecular formula is C16H23N3O. The van der Waals surface area contributed by atoms with Crippen LogP contribution in [0.2, 0.25) is 0 Å². The number of para-hydroxylation sites is 2. The largest absolute Gasteiger partial charge is 0.371 e. The lowest BCUT2D eigenvalue weighted by Gasteiger charge is -2.36. The van der Waals surface area contributed by atoms with Gasteiger partial charge in [-0.3, -0.25) is 4.79 Å². The van der Waals surface area contributed by atoms with E-state index in [-0.39, 0.29) is 5.91 Å². The van der Waals surface area contributed by atoms with Crippen LogP contribution < -0.4 is 15.1 Å². The molecule has 0 spiro atoms. The van der Waals surface area contributed by atoms with Gasteiger partial charge in [-0.15, -0.1) is 0 Å². The van der Waals surface area contributed by atoms with Crippen LogP contribution in [0.3, 0.4) is 0 Å².